The largest absolute Gasteiger partial charge is 0.465 e. The average molecular weight is 489 g/mol. The number of para-hydroxylation sites is 1. The Morgan fingerprint density at radius 3 is 2.47 bits per heavy atom. The summed E-state index contributed by atoms with van der Waals surface area (Å²) in [6.45, 7) is 3.02. The van der Waals surface area contributed by atoms with E-state index in [9.17, 15) is 27.8 Å². The number of nitrogens with zero attached hydrogens (tertiary/aromatic N) is 3. The third-order valence-electron chi connectivity index (χ3n) is 4.63. The predicted molar refractivity (Wildman–Crippen MR) is 122 cm³/mol. The molecule has 8 nitrogen and oxygen atoms in total. The van der Waals surface area contributed by atoms with Gasteiger partial charge in [-0.2, -0.15) is 23.4 Å². The number of methoxy groups -OCH3 is 1. The molecule has 0 aliphatic heterocycles. The highest BCUT2D eigenvalue weighted by Gasteiger charge is 2.35. The van der Waals surface area contributed by atoms with E-state index in [1.807, 2.05) is 6.07 Å². The Kier molecular flexibility index (Phi) is 6.93. The Hall–Kier alpha value is -3.90. The Morgan fingerprint density at radius 2 is 1.85 bits per heavy atom. The molecule has 0 saturated carbocycles. The number of hydrogen-bond donors (Lipinski definition) is 2. The average Bonchev–Trinajstić information content (AvgIpc) is 2.77. The van der Waals surface area contributed by atoms with Crippen LogP contribution in [0.15, 0.2) is 48.7 Å². The fraction of sp³-hybridized carbons (Fsp3) is 0.182. The second-order valence-corrected chi connectivity index (χ2v) is 10.6. The topological polar surface area (TPSA) is 117 Å². The van der Waals surface area contributed by atoms with Crippen LogP contribution in [0, 0.1) is 11.3 Å². The lowest BCUT2D eigenvalue weighted by Gasteiger charge is -2.18. The van der Waals surface area contributed by atoms with Gasteiger partial charge in [0.15, 0.2) is 0 Å². The summed E-state index contributed by atoms with van der Waals surface area (Å²) in [5, 5.41) is 15.0. The van der Waals surface area contributed by atoms with E-state index < -0.39 is 30.7 Å². The number of rotatable bonds is 6. The minimum atomic E-state index is -4.76. The maximum atomic E-state index is 13.6. The highest BCUT2D eigenvalue weighted by molar-refractivity contribution is 7.70. The highest BCUT2D eigenvalue weighted by atomic mass is 31.2. The first-order chi connectivity index (χ1) is 15.9. The van der Waals surface area contributed by atoms with Crippen LogP contribution in [0.4, 0.5) is 36.3 Å². The maximum absolute atomic E-state index is 13.6. The Bertz CT molecular complexity index is 1330. The first kappa shape index (κ1) is 24.7. The van der Waals surface area contributed by atoms with Crippen LogP contribution in [0.1, 0.15) is 21.5 Å². The van der Waals surface area contributed by atoms with E-state index in [1.165, 1.54) is 44.7 Å². The summed E-state index contributed by atoms with van der Waals surface area (Å²) in [5.74, 6) is -1.44. The number of carbonyl (C=O) groups is 1. The molecule has 3 aromatic rings. The molecular formula is C22H19F3N5O3P. The van der Waals surface area contributed by atoms with Gasteiger partial charge in [-0.05, 0) is 43.7 Å². The van der Waals surface area contributed by atoms with Gasteiger partial charge in [0.1, 0.15) is 24.6 Å². The van der Waals surface area contributed by atoms with Crippen molar-refractivity contribution in [1.82, 2.24) is 9.97 Å². The molecule has 2 N–H and O–H groups in total. The lowest BCUT2D eigenvalue weighted by atomic mass is 10.1. The summed E-state index contributed by atoms with van der Waals surface area (Å²) in [6.07, 6.45) is -4.14. The number of anilines is 4. The van der Waals surface area contributed by atoms with Gasteiger partial charge in [0.05, 0.1) is 23.9 Å². The molecule has 0 amide bonds. The standard InChI is InChI=1S/C22H19F3N5O3P/c1-33-20(31)15-9-8-14(10-13(15)11-26)28-21-27-12-16(22(23,24)25)19(30-21)29-17-6-4-5-7-18(17)34(2,3)32/h4-10,12H,1-3H3,(H2,27,28,29,30). The van der Waals surface area contributed by atoms with Crippen molar-refractivity contribution in [2.45, 2.75) is 6.18 Å². The predicted octanol–water partition coefficient (Wildman–Crippen LogP) is 4.89. The van der Waals surface area contributed by atoms with Crippen molar-refractivity contribution < 1.29 is 27.3 Å². The van der Waals surface area contributed by atoms with Gasteiger partial charge < -0.3 is 19.9 Å². The number of halogens is 3. The van der Waals surface area contributed by atoms with E-state index in [1.54, 1.807) is 18.2 Å². The van der Waals surface area contributed by atoms with Crippen LogP contribution in [0.5, 0.6) is 0 Å². The first-order valence-corrected chi connectivity index (χ1v) is 12.3. The van der Waals surface area contributed by atoms with Crippen LogP contribution in [-0.2, 0) is 15.5 Å². The zero-order chi connectivity index (χ0) is 25.1. The normalized spacial score (nSPS) is 11.4. The Balaban J connectivity index is 2.02. The van der Waals surface area contributed by atoms with Crippen molar-refractivity contribution in [3.8, 4) is 6.07 Å². The van der Waals surface area contributed by atoms with Crippen molar-refractivity contribution in [3.63, 3.8) is 0 Å². The van der Waals surface area contributed by atoms with E-state index in [2.05, 4.69) is 25.3 Å². The van der Waals surface area contributed by atoms with Gasteiger partial charge in [0, 0.05) is 17.2 Å². The number of hydrogen-bond acceptors (Lipinski definition) is 8. The lowest BCUT2D eigenvalue weighted by molar-refractivity contribution is -0.137. The van der Waals surface area contributed by atoms with Gasteiger partial charge in [-0.1, -0.05) is 12.1 Å². The van der Waals surface area contributed by atoms with Crippen molar-refractivity contribution in [1.29, 1.82) is 5.26 Å². The number of esters is 1. The van der Waals surface area contributed by atoms with Crippen LogP contribution in [0.3, 0.4) is 0 Å². The van der Waals surface area contributed by atoms with Crippen LogP contribution in [0.2, 0.25) is 0 Å². The number of aromatic nitrogens is 2. The van der Waals surface area contributed by atoms with E-state index >= 15 is 0 Å². The minimum Gasteiger partial charge on any atom is -0.465 e. The third-order valence-corrected chi connectivity index (χ3v) is 6.18. The van der Waals surface area contributed by atoms with Crippen molar-refractivity contribution in [2.24, 2.45) is 0 Å². The van der Waals surface area contributed by atoms with Crippen molar-refractivity contribution in [2.75, 3.05) is 31.1 Å². The molecule has 34 heavy (non-hydrogen) atoms. The minimum absolute atomic E-state index is 0.00215. The molecule has 0 aliphatic rings. The highest BCUT2D eigenvalue weighted by Crippen LogP contribution is 2.40. The Morgan fingerprint density at radius 1 is 1.15 bits per heavy atom. The summed E-state index contributed by atoms with van der Waals surface area (Å²) in [7, 11) is -1.64. The van der Waals surface area contributed by atoms with Gasteiger partial charge in [0.25, 0.3) is 0 Å². The quantitative estimate of drug-likeness (QED) is 0.371. The first-order valence-electron chi connectivity index (χ1n) is 9.69. The molecule has 2 aromatic carbocycles. The summed E-state index contributed by atoms with van der Waals surface area (Å²) >= 11 is 0. The number of carbonyl (C=O) groups excluding carboxylic acids is 1. The van der Waals surface area contributed by atoms with Gasteiger partial charge in [-0.15, -0.1) is 0 Å². The van der Waals surface area contributed by atoms with E-state index in [-0.39, 0.29) is 28.5 Å². The molecule has 0 atom stereocenters. The fourth-order valence-corrected chi connectivity index (χ4v) is 4.21. The fourth-order valence-electron chi connectivity index (χ4n) is 3.05. The summed E-state index contributed by atoms with van der Waals surface area (Å²) in [6, 6.07) is 12.3. The number of alkyl halides is 3. The molecule has 176 valence electrons. The number of nitrogens with one attached hydrogen (secondary N) is 2. The Labute approximate surface area is 193 Å². The van der Waals surface area contributed by atoms with Gasteiger partial charge in [-0.3, -0.25) is 0 Å². The molecule has 0 bridgehead atoms. The van der Waals surface area contributed by atoms with Crippen LogP contribution in [0.25, 0.3) is 0 Å². The maximum Gasteiger partial charge on any atom is 0.421 e. The van der Waals surface area contributed by atoms with Crippen LogP contribution in [-0.4, -0.2) is 36.4 Å². The molecule has 0 saturated heterocycles. The molecule has 1 aromatic heterocycles. The second kappa shape index (κ2) is 9.53. The molecule has 12 heteroatoms. The molecular weight excluding hydrogens is 470 g/mol. The SMILES string of the molecule is COC(=O)c1ccc(Nc2ncc(C(F)(F)F)c(Nc3ccccc3P(C)(C)=O)n2)cc1C#N. The molecule has 3 rings (SSSR count). The number of benzene rings is 2. The van der Waals surface area contributed by atoms with E-state index in [4.69, 9.17) is 0 Å². The molecule has 0 aliphatic carbocycles. The number of nitriles is 1. The lowest BCUT2D eigenvalue weighted by Crippen LogP contribution is -2.16. The van der Waals surface area contributed by atoms with Crippen molar-refractivity contribution in [3.05, 3.63) is 65.4 Å². The zero-order valence-electron chi connectivity index (χ0n) is 18.3. The molecule has 0 radical (unpaired) electrons. The monoisotopic (exact) mass is 489 g/mol. The van der Waals surface area contributed by atoms with Crippen LogP contribution >= 0.6 is 7.14 Å². The summed E-state index contributed by atoms with van der Waals surface area (Å²) in [5.41, 5.74) is -0.597. The van der Waals surface area contributed by atoms with Gasteiger partial charge in [0.2, 0.25) is 5.95 Å². The van der Waals surface area contributed by atoms with Gasteiger partial charge >= 0.3 is 12.1 Å². The zero-order valence-corrected chi connectivity index (χ0v) is 19.2. The second-order valence-electron chi connectivity index (χ2n) is 7.44. The third kappa shape index (κ3) is 5.53. The number of ether oxygens (including phenoxy) is 1. The molecule has 0 spiro atoms. The summed E-state index contributed by atoms with van der Waals surface area (Å²) in [4.78, 5) is 19.5. The van der Waals surface area contributed by atoms with E-state index in [0.29, 0.717) is 11.5 Å². The van der Waals surface area contributed by atoms with Gasteiger partial charge in [-0.25, -0.2) is 9.78 Å². The molecule has 0 unspecified atom stereocenters. The van der Waals surface area contributed by atoms with E-state index in [0.717, 1.165) is 0 Å². The summed E-state index contributed by atoms with van der Waals surface area (Å²) < 4.78 is 58.1. The van der Waals surface area contributed by atoms with Crippen molar-refractivity contribution >= 4 is 41.6 Å². The molecule has 0 fully saturated rings. The molecule has 1 heterocycles. The van der Waals surface area contributed by atoms with Crippen LogP contribution < -0.4 is 15.9 Å². The smallest absolute Gasteiger partial charge is 0.421 e.